The van der Waals surface area contributed by atoms with E-state index in [1.54, 1.807) is 14.2 Å². The second-order valence-corrected chi connectivity index (χ2v) is 11.3. The fraction of sp³-hybridized carbons (Fsp3) is 0.270. The van der Waals surface area contributed by atoms with Gasteiger partial charge < -0.3 is 23.8 Å². The minimum Gasteiger partial charge on any atom is -0.497 e. The summed E-state index contributed by atoms with van der Waals surface area (Å²) in [4.78, 5) is 18.5. The Kier molecular flexibility index (Phi) is 8.36. The van der Waals surface area contributed by atoms with Crippen molar-refractivity contribution in [2.24, 2.45) is 0 Å². The second kappa shape index (κ2) is 12.7. The number of carbonyl (C=O) groups is 1. The maximum Gasteiger partial charge on any atom is 0.223 e. The molecule has 2 heterocycles. The molecule has 1 aromatic heterocycles. The third-order valence-corrected chi connectivity index (χ3v) is 8.63. The SMILES string of the molecule is COc1cc(OC)cc([C@H](CC(=O)N2CCN(c3ccccc3C)CC2)c2cn(Cc3ccccc3)c3ccccc23)c1. The lowest BCUT2D eigenvalue weighted by molar-refractivity contribution is -0.131. The monoisotopic (exact) mass is 573 g/mol. The van der Waals surface area contributed by atoms with E-state index in [0.717, 1.165) is 41.7 Å². The highest BCUT2D eigenvalue weighted by molar-refractivity contribution is 5.87. The number of amides is 1. The predicted octanol–water partition coefficient (Wildman–Crippen LogP) is 6.89. The average Bonchev–Trinajstić information content (AvgIpc) is 3.41. The summed E-state index contributed by atoms with van der Waals surface area (Å²) in [5.41, 5.74) is 7.04. The number of fused-ring (bicyclic) bond motifs is 1. The maximum absolute atomic E-state index is 14.0. The van der Waals surface area contributed by atoms with E-state index >= 15 is 0 Å². The van der Waals surface area contributed by atoms with Gasteiger partial charge in [0, 0.05) is 73.9 Å². The van der Waals surface area contributed by atoms with Crippen LogP contribution in [0.4, 0.5) is 5.69 Å². The Hall–Kier alpha value is -4.71. The molecule has 6 rings (SSSR count). The van der Waals surface area contributed by atoms with E-state index < -0.39 is 0 Å². The molecule has 0 N–H and O–H groups in total. The number of para-hydroxylation sites is 2. The number of aryl methyl sites for hydroxylation is 1. The highest BCUT2D eigenvalue weighted by atomic mass is 16.5. The van der Waals surface area contributed by atoms with Gasteiger partial charge in [0.2, 0.25) is 5.91 Å². The first-order chi connectivity index (χ1) is 21.0. The molecule has 0 unspecified atom stereocenters. The first-order valence-corrected chi connectivity index (χ1v) is 15.0. The quantitative estimate of drug-likeness (QED) is 0.193. The number of hydrogen-bond donors (Lipinski definition) is 0. The van der Waals surface area contributed by atoms with Crippen molar-refractivity contribution >= 4 is 22.5 Å². The van der Waals surface area contributed by atoms with E-state index in [0.29, 0.717) is 31.0 Å². The van der Waals surface area contributed by atoms with Gasteiger partial charge in [-0.25, -0.2) is 0 Å². The summed E-state index contributed by atoms with van der Waals surface area (Å²) in [5.74, 6) is 1.42. The van der Waals surface area contributed by atoms with Crippen molar-refractivity contribution in [2.75, 3.05) is 45.3 Å². The highest BCUT2D eigenvalue weighted by Gasteiger charge is 2.28. The zero-order valence-corrected chi connectivity index (χ0v) is 25.2. The van der Waals surface area contributed by atoms with E-state index in [1.807, 2.05) is 29.2 Å². The smallest absolute Gasteiger partial charge is 0.223 e. The van der Waals surface area contributed by atoms with Crippen molar-refractivity contribution in [1.29, 1.82) is 0 Å². The van der Waals surface area contributed by atoms with Gasteiger partial charge in [0.25, 0.3) is 0 Å². The molecule has 1 aliphatic rings. The van der Waals surface area contributed by atoms with Gasteiger partial charge in [0.1, 0.15) is 11.5 Å². The zero-order chi connectivity index (χ0) is 29.8. The summed E-state index contributed by atoms with van der Waals surface area (Å²) in [6.45, 7) is 5.96. The highest BCUT2D eigenvalue weighted by Crippen LogP contribution is 2.38. The van der Waals surface area contributed by atoms with Crippen molar-refractivity contribution in [3.8, 4) is 11.5 Å². The fourth-order valence-corrected chi connectivity index (χ4v) is 6.32. The van der Waals surface area contributed by atoms with Crippen LogP contribution in [0.25, 0.3) is 10.9 Å². The molecular weight excluding hydrogens is 534 g/mol. The van der Waals surface area contributed by atoms with Gasteiger partial charge >= 0.3 is 0 Å². The molecule has 5 aromatic rings. The molecule has 43 heavy (non-hydrogen) atoms. The number of piperazine rings is 1. The van der Waals surface area contributed by atoms with Gasteiger partial charge in [-0.05, 0) is 53.4 Å². The molecule has 6 nitrogen and oxygen atoms in total. The van der Waals surface area contributed by atoms with Gasteiger partial charge in [-0.2, -0.15) is 0 Å². The maximum atomic E-state index is 14.0. The van der Waals surface area contributed by atoms with E-state index in [4.69, 9.17) is 9.47 Å². The van der Waals surface area contributed by atoms with Crippen LogP contribution in [-0.2, 0) is 11.3 Å². The number of benzene rings is 4. The zero-order valence-electron chi connectivity index (χ0n) is 25.2. The van der Waals surface area contributed by atoms with Crippen LogP contribution in [0.15, 0.2) is 103 Å². The molecule has 1 atom stereocenters. The molecule has 0 radical (unpaired) electrons. The van der Waals surface area contributed by atoms with Crippen molar-refractivity contribution < 1.29 is 14.3 Å². The first-order valence-electron chi connectivity index (χ1n) is 15.0. The number of nitrogens with zero attached hydrogens (tertiary/aromatic N) is 3. The minimum atomic E-state index is -0.173. The van der Waals surface area contributed by atoms with Crippen molar-refractivity contribution in [3.63, 3.8) is 0 Å². The molecule has 4 aromatic carbocycles. The Morgan fingerprint density at radius 2 is 1.44 bits per heavy atom. The summed E-state index contributed by atoms with van der Waals surface area (Å²) < 4.78 is 13.6. The average molecular weight is 574 g/mol. The largest absolute Gasteiger partial charge is 0.497 e. The molecule has 1 aliphatic heterocycles. The predicted molar refractivity (Wildman–Crippen MR) is 173 cm³/mol. The summed E-state index contributed by atoms with van der Waals surface area (Å²) in [7, 11) is 3.33. The standard InChI is InChI=1S/C37H39N3O3/c1-27-11-7-9-15-35(27)38-17-19-39(20-18-38)37(41)24-33(29-21-30(42-2)23-31(22-29)43-3)34-26-40(25-28-12-5-4-6-13-28)36-16-10-8-14-32(34)36/h4-16,21-23,26,33H,17-20,24-25H2,1-3H3/t33-/m0/s1. The Labute approximate surface area is 254 Å². The molecule has 220 valence electrons. The number of methoxy groups -OCH3 is 2. The first kappa shape index (κ1) is 28.4. The van der Waals surface area contributed by atoms with Gasteiger partial charge in [0.15, 0.2) is 0 Å². The number of rotatable bonds is 9. The van der Waals surface area contributed by atoms with Crippen molar-refractivity contribution in [2.45, 2.75) is 25.8 Å². The molecule has 0 bridgehead atoms. The summed E-state index contributed by atoms with van der Waals surface area (Å²) >= 11 is 0. The van der Waals surface area contributed by atoms with Crippen LogP contribution in [-0.4, -0.2) is 55.8 Å². The van der Waals surface area contributed by atoms with E-state index in [9.17, 15) is 4.79 Å². The van der Waals surface area contributed by atoms with Crippen LogP contribution in [0, 0.1) is 6.92 Å². The molecule has 0 saturated carbocycles. The van der Waals surface area contributed by atoms with Gasteiger partial charge in [-0.1, -0.05) is 66.7 Å². The Bertz CT molecular complexity index is 1680. The van der Waals surface area contributed by atoms with Crippen LogP contribution < -0.4 is 14.4 Å². The van der Waals surface area contributed by atoms with Gasteiger partial charge in [-0.15, -0.1) is 0 Å². The minimum absolute atomic E-state index is 0.163. The molecule has 1 saturated heterocycles. The van der Waals surface area contributed by atoms with E-state index in [2.05, 4.69) is 95.4 Å². The molecule has 1 amide bonds. The number of carbonyl (C=O) groups excluding carboxylic acids is 1. The topological polar surface area (TPSA) is 46.9 Å². The Morgan fingerprint density at radius 3 is 2.14 bits per heavy atom. The normalized spacial score (nSPS) is 14.1. The lowest BCUT2D eigenvalue weighted by Crippen LogP contribution is -2.49. The van der Waals surface area contributed by atoms with Crippen molar-refractivity contribution in [1.82, 2.24) is 9.47 Å². The second-order valence-electron chi connectivity index (χ2n) is 11.3. The third kappa shape index (κ3) is 6.09. The van der Waals surface area contributed by atoms with Crippen LogP contribution >= 0.6 is 0 Å². The lowest BCUT2D eigenvalue weighted by atomic mass is 9.87. The molecule has 6 heteroatoms. The third-order valence-electron chi connectivity index (χ3n) is 8.63. The molecular formula is C37H39N3O3. The number of aromatic nitrogens is 1. The van der Waals surface area contributed by atoms with Crippen LogP contribution in [0.1, 0.15) is 34.6 Å². The van der Waals surface area contributed by atoms with Crippen molar-refractivity contribution in [3.05, 3.63) is 126 Å². The molecule has 0 aliphatic carbocycles. The molecule has 0 spiro atoms. The van der Waals surface area contributed by atoms with Crippen LogP contribution in [0.5, 0.6) is 11.5 Å². The number of anilines is 1. The number of hydrogen-bond acceptors (Lipinski definition) is 4. The lowest BCUT2D eigenvalue weighted by Gasteiger charge is -2.37. The van der Waals surface area contributed by atoms with Gasteiger partial charge in [-0.3, -0.25) is 4.79 Å². The summed E-state index contributed by atoms with van der Waals surface area (Å²) in [6, 6.07) is 33.4. The number of ether oxygens (including phenoxy) is 2. The van der Waals surface area contributed by atoms with Crippen LogP contribution in [0.3, 0.4) is 0 Å². The fourth-order valence-electron chi connectivity index (χ4n) is 6.32. The summed E-state index contributed by atoms with van der Waals surface area (Å²) in [6.07, 6.45) is 2.59. The van der Waals surface area contributed by atoms with E-state index in [1.165, 1.54) is 16.8 Å². The van der Waals surface area contributed by atoms with Crippen LogP contribution in [0.2, 0.25) is 0 Å². The van der Waals surface area contributed by atoms with E-state index in [-0.39, 0.29) is 11.8 Å². The molecule has 1 fully saturated rings. The summed E-state index contributed by atoms with van der Waals surface area (Å²) in [5, 5.41) is 1.15. The Morgan fingerprint density at radius 1 is 0.791 bits per heavy atom. The Balaban J connectivity index is 1.34. The van der Waals surface area contributed by atoms with Gasteiger partial charge in [0.05, 0.1) is 14.2 Å².